The van der Waals surface area contributed by atoms with Crippen LogP contribution in [0.25, 0.3) is 10.9 Å². The average Bonchev–Trinajstić information content (AvgIpc) is 2.39. The van der Waals surface area contributed by atoms with E-state index >= 15 is 0 Å². The molecule has 3 rings (SSSR count). The average molecular weight is 256 g/mol. The number of anilines is 1. The fourth-order valence-electron chi connectivity index (χ4n) is 2.82. The first-order valence-corrected chi connectivity index (χ1v) is 6.92. The normalized spacial score (nSPS) is 17.2. The maximum atomic E-state index is 12.0. The quantitative estimate of drug-likeness (QED) is 0.915. The SMILES string of the molecule is Cn1c(=O)cc(NCC2(C)CCC2)c2ccccc21. The molecule has 1 saturated carbocycles. The van der Waals surface area contributed by atoms with Crippen molar-refractivity contribution in [1.82, 2.24) is 4.57 Å². The van der Waals surface area contributed by atoms with E-state index in [2.05, 4.69) is 18.3 Å². The molecule has 0 bridgehead atoms. The number of nitrogens with one attached hydrogen (secondary N) is 1. The fourth-order valence-corrected chi connectivity index (χ4v) is 2.82. The van der Waals surface area contributed by atoms with Gasteiger partial charge in [0.15, 0.2) is 0 Å². The van der Waals surface area contributed by atoms with E-state index in [1.807, 2.05) is 25.2 Å². The molecule has 3 nitrogen and oxygen atoms in total. The summed E-state index contributed by atoms with van der Waals surface area (Å²) in [5.41, 5.74) is 2.39. The van der Waals surface area contributed by atoms with Crippen LogP contribution in [0, 0.1) is 5.41 Å². The van der Waals surface area contributed by atoms with Crippen LogP contribution in [-0.4, -0.2) is 11.1 Å². The van der Waals surface area contributed by atoms with Crippen LogP contribution < -0.4 is 10.9 Å². The van der Waals surface area contributed by atoms with Crippen molar-refractivity contribution >= 4 is 16.6 Å². The van der Waals surface area contributed by atoms with Crippen LogP contribution >= 0.6 is 0 Å². The van der Waals surface area contributed by atoms with Crippen LogP contribution in [-0.2, 0) is 7.05 Å². The minimum Gasteiger partial charge on any atom is -0.384 e. The van der Waals surface area contributed by atoms with E-state index in [0.717, 1.165) is 23.1 Å². The number of nitrogens with zero attached hydrogens (tertiary/aromatic N) is 1. The van der Waals surface area contributed by atoms with Gasteiger partial charge in [-0.15, -0.1) is 0 Å². The number of pyridine rings is 1. The summed E-state index contributed by atoms with van der Waals surface area (Å²) in [5, 5.41) is 4.60. The molecule has 0 saturated heterocycles. The summed E-state index contributed by atoms with van der Waals surface area (Å²) in [5.74, 6) is 0. The van der Waals surface area contributed by atoms with Crippen molar-refractivity contribution < 1.29 is 0 Å². The maximum absolute atomic E-state index is 12.0. The molecular formula is C16H20N2O. The van der Waals surface area contributed by atoms with Crippen molar-refractivity contribution in [2.45, 2.75) is 26.2 Å². The molecule has 1 heterocycles. The van der Waals surface area contributed by atoms with Crippen molar-refractivity contribution in [2.24, 2.45) is 12.5 Å². The van der Waals surface area contributed by atoms with Crippen molar-refractivity contribution in [3.8, 4) is 0 Å². The maximum Gasteiger partial charge on any atom is 0.252 e. The Morgan fingerprint density at radius 2 is 2.05 bits per heavy atom. The lowest BCUT2D eigenvalue weighted by Gasteiger charge is -2.38. The second-order valence-electron chi connectivity index (χ2n) is 5.99. The Labute approximate surface area is 113 Å². The molecule has 0 atom stereocenters. The van der Waals surface area contributed by atoms with Crippen LogP contribution in [0.3, 0.4) is 0 Å². The Hall–Kier alpha value is -1.77. The highest BCUT2D eigenvalue weighted by atomic mass is 16.1. The molecular weight excluding hydrogens is 236 g/mol. The topological polar surface area (TPSA) is 34.0 Å². The molecule has 19 heavy (non-hydrogen) atoms. The van der Waals surface area contributed by atoms with Crippen molar-refractivity contribution in [1.29, 1.82) is 0 Å². The van der Waals surface area contributed by atoms with E-state index in [-0.39, 0.29) is 5.56 Å². The molecule has 0 spiro atoms. The minimum absolute atomic E-state index is 0.0416. The third-order valence-corrected chi connectivity index (χ3v) is 4.42. The smallest absolute Gasteiger partial charge is 0.252 e. The number of para-hydroxylation sites is 1. The van der Waals surface area contributed by atoms with E-state index in [9.17, 15) is 4.79 Å². The molecule has 0 amide bonds. The van der Waals surface area contributed by atoms with Gasteiger partial charge in [-0.3, -0.25) is 4.79 Å². The summed E-state index contributed by atoms with van der Waals surface area (Å²) >= 11 is 0. The summed E-state index contributed by atoms with van der Waals surface area (Å²) < 4.78 is 1.70. The van der Waals surface area contributed by atoms with Gasteiger partial charge in [0.2, 0.25) is 0 Å². The van der Waals surface area contributed by atoms with Gasteiger partial charge < -0.3 is 9.88 Å². The van der Waals surface area contributed by atoms with Gasteiger partial charge in [-0.05, 0) is 24.3 Å². The Bertz CT molecular complexity index is 668. The van der Waals surface area contributed by atoms with E-state index < -0.39 is 0 Å². The zero-order chi connectivity index (χ0) is 13.5. The largest absolute Gasteiger partial charge is 0.384 e. The van der Waals surface area contributed by atoms with E-state index in [0.29, 0.717) is 5.41 Å². The van der Waals surface area contributed by atoms with E-state index in [1.165, 1.54) is 19.3 Å². The molecule has 1 aromatic heterocycles. The van der Waals surface area contributed by atoms with Gasteiger partial charge in [0.05, 0.1) is 5.52 Å². The van der Waals surface area contributed by atoms with Crippen LogP contribution in [0.15, 0.2) is 35.1 Å². The third kappa shape index (κ3) is 2.14. The van der Waals surface area contributed by atoms with Gasteiger partial charge in [-0.2, -0.15) is 0 Å². The van der Waals surface area contributed by atoms with Crippen molar-refractivity contribution in [3.05, 3.63) is 40.7 Å². The van der Waals surface area contributed by atoms with E-state index in [4.69, 9.17) is 0 Å². The lowest BCUT2D eigenvalue weighted by molar-refractivity contribution is 0.180. The van der Waals surface area contributed by atoms with Gasteiger partial charge in [0.1, 0.15) is 0 Å². The van der Waals surface area contributed by atoms with Crippen LogP contribution in [0.2, 0.25) is 0 Å². The molecule has 0 aliphatic heterocycles. The summed E-state index contributed by atoms with van der Waals surface area (Å²) in [7, 11) is 1.82. The fraction of sp³-hybridized carbons (Fsp3) is 0.438. The number of fused-ring (bicyclic) bond motifs is 1. The predicted octanol–water partition coefficient (Wildman–Crippen LogP) is 3.14. The summed E-state index contributed by atoms with van der Waals surface area (Å²) in [4.78, 5) is 12.0. The molecule has 0 unspecified atom stereocenters. The van der Waals surface area contributed by atoms with Gasteiger partial charge in [-0.1, -0.05) is 31.5 Å². The Kier molecular flexibility index (Phi) is 2.85. The molecule has 1 aliphatic rings. The molecule has 0 radical (unpaired) electrons. The van der Waals surface area contributed by atoms with Gasteiger partial charge in [0, 0.05) is 30.7 Å². The van der Waals surface area contributed by atoms with Crippen LogP contribution in [0.4, 0.5) is 5.69 Å². The van der Waals surface area contributed by atoms with Crippen LogP contribution in [0.5, 0.6) is 0 Å². The minimum atomic E-state index is 0.0416. The monoisotopic (exact) mass is 256 g/mol. The summed E-state index contributed by atoms with van der Waals surface area (Å²) in [6, 6.07) is 9.76. The molecule has 3 heteroatoms. The van der Waals surface area contributed by atoms with Gasteiger partial charge >= 0.3 is 0 Å². The lowest BCUT2D eigenvalue weighted by atomic mass is 9.70. The second-order valence-corrected chi connectivity index (χ2v) is 5.99. The number of hydrogen-bond donors (Lipinski definition) is 1. The molecule has 1 N–H and O–H groups in total. The standard InChI is InChI=1S/C16H20N2O/c1-16(8-5-9-16)11-17-13-10-15(19)18(2)14-7-4-3-6-12(13)14/h3-4,6-7,10,17H,5,8-9,11H2,1-2H3. The molecule has 100 valence electrons. The Morgan fingerprint density at radius 1 is 1.32 bits per heavy atom. The zero-order valence-electron chi connectivity index (χ0n) is 11.6. The zero-order valence-corrected chi connectivity index (χ0v) is 11.6. The lowest BCUT2D eigenvalue weighted by Crippen LogP contribution is -2.33. The molecule has 2 aromatic rings. The molecule has 1 aliphatic carbocycles. The number of rotatable bonds is 3. The van der Waals surface area contributed by atoms with E-state index in [1.54, 1.807) is 10.6 Å². The third-order valence-electron chi connectivity index (χ3n) is 4.42. The Balaban J connectivity index is 1.98. The summed E-state index contributed by atoms with van der Waals surface area (Å²) in [6.45, 7) is 3.26. The highest BCUT2D eigenvalue weighted by Gasteiger charge is 2.31. The second kappa shape index (κ2) is 4.41. The van der Waals surface area contributed by atoms with Crippen molar-refractivity contribution in [2.75, 3.05) is 11.9 Å². The highest BCUT2D eigenvalue weighted by Crippen LogP contribution is 2.40. The first kappa shape index (κ1) is 12.3. The highest BCUT2D eigenvalue weighted by molar-refractivity contribution is 5.91. The Morgan fingerprint density at radius 3 is 2.74 bits per heavy atom. The number of aromatic nitrogens is 1. The molecule has 1 fully saturated rings. The number of benzene rings is 1. The van der Waals surface area contributed by atoms with Crippen LogP contribution in [0.1, 0.15) is 26.2 Å². The summed E-state index contributed by atoms with van der Waals surface area (Å²) in [6.07, 6.45) is 3.89. The molecule has 1 aromatic carbocycles. The number of aryl methyl sites for hydroxylation is 1. The predicted molar refractivity (Wildman–Crippen MR) is 79.6 cm³/mol. The first-order valence-electron chi connectivity index (χ1n) is 6.92. The number of hydrogen-bond acceptors (Lipinski definition) is 2. The van der Waals surface area contributed by atoms with Gasteiger partial charge in [-0.25, -0.2) is 0 Å². The van der Waals surface area contributed by atoms with Gasteiger partial charge in [0.25, 0.3) is 5.56 Å². The van der Waals surface area contributed by atoms with Crippen molar-refractivity contribution in [3.63, 3.8) is 0 Å². The first-order chi connectivity index (χ1) is 9.09.